The number of likely N-dealkylation sites (tertiary alicyclic amines) is 1. The third-order valence-electron chi connectivity index (χ3n) is 7.66. The van der Waals surface area contributed by atoms with Crippen LogP contribution < -0.4 is 0 Å². The van der Waals surface area contributed by atoms with Gasteiger partial charge in [0.2, 0.25) is 0 Å². The van der Waals surface area contributed by atoms with Gasteiger partial charge in [0, 0.05) is 16.0 Å². The lowest BCUT2D eigenvalue weighted by atomic mass is 9.77. The molecule has 2 atom stereocenters. The molecule has 1 saturated carbocycles. The molecule has 2 aromatic carbocycles. The summed E-state index contributed by atoms with van der Waals surface area (Å²) in [6, 6.07) is 15.4. The van der Waals surface area contributed by atoms with Crippen LogP contribution in [0, 0.1) is 11.8 Å². The summed E-state index contributed by atoms with van der Waals surface area (Å²) in [5, 5.41) is 8.06. The number of esters is 1. The summed E-state index contributed by atoms with van der Waals surface area (Å²) in [5.74, 6) is -0.149. The fourth-order valence-electron chi connectivity index (χ4n) is 5.72. The molecular formula is C29H31Cl2N3O3. The van der Waals surface area contributed by atoms with E-state index in [4.69, 9.17) is 33.0 Å². The van der Waals surface area contributed by atoms with E-state index in [-0.39, 0.29) is 36.3 Å². The van der Waals surface area contributed by atoms with Crippen molar-refractivity contribution in [2.75, 3.05) is 26.7 Å². The van der Waals surface area contributed by atoms with Crippen molar-refractivity contribution in [2.24, 2.45) is 16.9 Å². The first-order valence-electron chi connectivity index (χ1n) is 12.9. The Morgan fingerprint density at radius 3 is 2.30 bits per heavy atom. The highest BCUT2D eigenvalue weighted by Gasteiger charge is 2.44. The zero-order chi connectivity index (χ0) is 25.9. The topological polar surface area (TPSA) is 62.2 Å². The molecule has 2 aromatic rings. The van der Waals surface area contributed by atoms with Crippen molar-refractivity contribution in [1.29, 1.82) is 0 Å². The van der Waals surface area contributed by atoms with Crippen molar-refractivity contribution in [1.82, 2.24) is 9.91 Å². The van der Waals surface area contributed by atoms with Gasteiger partial charge in [0.25, 0.3) is 5.91 Å². The second-order valence-electron chi connectivity index (χ2n) is 10.0. The number of hydrazone groups is 1. The smallest absolute Gasteiger partial charge is 0.308 e. The molecule has 37 heavy (non-hydrogen) atoms. The van der Waals surface area contributed by atoms with E-state index in [1.165, 1.54) is 12.7 Å². The molecule has 2 heterocycles. The Balaban J connectivity index is 1.40. The number of fused-ring (bicyclic) bond motifs is 1. The van der Waals surface area contributed by atoms with E-state index in [0.29, 0.717) is 36.0 Å². The lowest BCUT2D eigenvalue weighted by Crippen LogP contribution is -2.43. The molecule has 0 bridgehead atoms. The fourth-order valence-corrected chi connectivity index (χ4v) is 5.97. The molecule has 0 unspecified atom stereocenters. The molecule has 2 fully saturated rings. The molecule has 0 N–H and O–H groups in total. The lowest BCUT2D eigenvalue weighted by Gasteiger charge is -2.33. The van der Waals surface area contributed by atoms with E-state index < -0.39 is 0 Å². The van der Waals surface area contributed by atoms with Crippen molar-refractivity contribution >= 4 is 46.9 Å². The van der Waals surface area contributed by atoms with Crippen LogP contribution in [-0.4, -0.2) is 54.2 Å². The standard InChI is InChI=1S/C29H31Cl2N3O3/c1-37-29(36)21-13-15-33(16-14-21)18-26(35)34-28(20-7-11-24(31)12-8-20)25-4-2-3-22(27(25)32-34)17-19-5-9-23(30)10-6-19/h5-12,17,21,25,28H,2-4,13-16,18H2,1H3/b22-17+/t25-,28+/m1/s1. The number of hydrogen-bond donors (Lipinski definition) is 0. The van der Waals surface area contributed by atoms with Gasteiger partial charge in [0.1, 0.15) is 0 Å². The monoisotopic (exact) mass is 539 g/mol. The summed E-state index contributed by atoms with van der Waals surface area (Å²) in [4.78, 5) is 27.7. The van der Waals surface area contributed by atoms with Crippen LogP contribution in [0.2, 0.25) is 10.0 Å². The predicted octanol–water partition coefficient (Wildman–Crippen LogP) is 6.00. The van der Waals surface area contributed by atoms with Crippen molar-refractivity contribution < 1.29 is 14.3 Å². The number of carbonyl (C=O) groups is 2. The highest BCUT2D eigenvalue weighted by molar-refractivity contribution is 6.30. The normalized spacial score (nSPS) is 23.6. The maximum absolute atomic E-state index is 13.7. The number of halogens is 2. The Hall–Kier alpha value is -2.67. The Morgan fingerprint density at radius 2 is 1.65 bits per heavy atom. The minimum absolute atomic E-state index is 0.0239. The molecule has 0 spiro atoms. The maximum atomic E-state index is 13.7. The van der Waals surface area contributed by atoms with Gasteiger partial charge in [-0.25, -0.2) is 5.01 Å². The van der Waals surface area contributed by atoms with E-state index in [9.17, 15) is 9.59 Å². The molecule has 1 saturated heterocycles. The Labute approximate surface area is 227 Å². The van der Waals surface area contributed by atoms with Gasteiger partial charge in [-0.05, 0) is 92.2 Å². The molecular weight excluding hydrogens is 509 g/mol. The summed E-state index contributed by atoms with van der Waals surface area (Å²) in [6.07, 6.45) is 6.51. The number of allylic oxidation sites excluding steroid dienone is 1. The fraction of sp³-hybridized carbons (Fsp3) is 0.414. The summed E-state index contributed by atoms with van der Waals surface area (Å²) in [5.41, 5.74) is 4.29. The van der Waals surface area contributed by atoms with Gasteiger partial charge in [-0.2, -0.15) is 5.10 Å². The first-order valence-corrected chi connectivity index (χ1v) is 13.6. The average molecular weight is 540 g/mol. The third-order valence-corrected chi connectivity index (χ3v) is 8.16. The van der Waals surface area contributed by atoms with E-state index in [1.807, 2.05) is 48.5 Å². The number of amides is 1. The summed E-state index contributed by atoms with van der Waals surface area (Å²) >= 11 is 12.3. The van der Waals surface area contributed by atoms with E-state index >= 15 is 0 Å². The maximum Gasteiger partial charge on any atom is 0.308 e. The Kier molecular flexibility index (Phi) is 7.98. The number of nitrogens with zero attached hydrogens (tertiary/aromatic N) is 3. The van der Waals surface area contributed by atoms with Gasteiger partial charge < -0.3 is 4.74 Å². The van der Waals surface area contributed by atoms with Gasteiger partial charge in [-0.15, -0.1) is 0 Å². The predicted molar refractivity (Wildman–Crippen MR) is 146 cm³/mol. The second kappa shape index (κ2) is 11.4. The molecule has 2 aliphatic heterocycles. The quantitative estimate of drug-likeness (QED) is 0.437. The minimum atomic E-state index is -0.165. The SMILES string of the molecule is COC(=O)C1CCN(CC(=O)N2N=C3/C(=C/c4ccc(Cl)cc4)CCC[C@H]3[C@@H]2c2ccc(Cl)cc2)CC1. The van der Waals surface area contributed by atoms with Crippen LogP contribution in [0.4, 0.5) is 0 Å². The Morgan fingerprint density at radius 1 is 1.00 bits per heavy atom. The minimum Gasteiger partial charge on any atom is -0.469 e. The van der Waals surface area contributed by atoms with Crippen LogP contribution in [0.5, 0.6) is 0 Å². The van der Waals surface area contributed by atoms with Crippen LogP contribution in [0.15, 0.2) is 59.2 Å². The molecule has 1 amide bonds. The molecule has 0 aromatic heterocycles. The van der Waals surface area contributed by atoms with E-state index in [2.05, 4.69) is 11.0 Å². The average Bonchev–Trinajstić information content (AvgIpc) is 3.31. The van der Waals surface area contributed by atoms with Crippen molar-refractivity contribution in [3.05, 3.63) is 75.3 Å². The Bertz CT molecular complexity index is 1200. The highest BCUT2D eigenvalue weighted by Crippen LogP contribution is 2.44. The van der Waals surface area contributed by atoms with Crippen LogP contribution >= 0.6 is 23.2 Å². The molecule has 3 aliphatic rings. The van der Waals surface area contributed by atoms with Crippen LogP contribution in [0.1, 0.15) is 49.3 Å². The summed E-state index contributed by atoms with van der Waals surface area (Å²) < 4.78 is 4.90. The van der Waals surface area contributed by atoms with E-state index in [1.54, 1.807) is 5.01 Å². The van der Waals surface area contributed by atoms with Gasteiger partial charge in [-0.1, -0.05) is 47.5 Å². The number of rotatable bonds is 5. The first-order chi connectivity index (χ1) is 17.9. The van der Waals surface area contributed by atoms with Crippen molar-refractivity contribution in [3.63, 3.8) is 0 Å². The van der Waals surface area contributed by atoms with Gasteiger partial charge >= 0.3 is 5.97 Å². The number of methoxy groups -OCH3 is 1. The van der Waals surface area contributed by atoms with Crippen LogP contribution in [0.25, 0.3) is 6.08 Å². The molecule has 5 rings (SSSR count). The van der Waals surface area contributed by atoms with Gasteiger partial charge in [0.05, 0.1) is 31.3 Å². The summed E-state index contributed by atoms with van der Waals surface area (Å²) in [6.45, 7) is 1.65. The van der Waals surface area contributed by atoms with Crippen LogP contribution in [0.3, 0.4) is 0 Å². The van der Waals surface area contributed by atoms with Crippen molar-refractivity contribution in [2.45, 2.75) is 38.1 Å². The first kappa shape index (κ1) is 26.0. The second-order valence-corrected chi connectivity index (χ2v) is 10.9. The number of hydrogen-bond acceptors (Lipinski definition) is 5. The molecule has 8 heteroatoms. The number of benzene rings is 2. The van der Waals surface area contributed by atoms with E-state index in [0.717, 1.165) is 36.1 Å². The zero-order valence-electron chi connectivity index (χ0n) is 20.9. The number of piperidine rings is 1. The molecule has 6 nitrogen and oxygen atoms in total. The van der Waals surface area contributed by atoms with Gasteiger partial charge in [0.15, 0.2) is 0 Å². The molecule has 1 aliphatic carbocycles. The largest absolute Gasteiger partial charge is 0.469 e. The van der Waals surface area contributed by atoms with Crippen LogP contribution in [-0.2, 0) is 14.3 Å². The summed E-state index contributed by atoms with van der Waals surface area (Å²) in [7, 11) is 1.43. The van der Waals surface area contributed by atoms with Gasteiger partial charge in [-0.3, -0.25) is 14.5 Å². The number of ether oxygens (including phenoxy) is 1. The highest BCUT2D eigenvalue weighted by atomic mass is 35.5. The zero-order valence-corrected chi connectivity index (χ0v) is 22.4. The lowest BCUT2D eigenvalue weighted by molar-refractivity contribution is -0.147. The third kappa shape index (κ3) is 5.77. The molecule has 0 radical (unpaired) electrons. The number of carbonyl (C=O) groups excluding carboxylic acids is 2. The van der Waals surface area contributed by atoms with Crippen molar-refractivity contribution in [3.8, 4) is 0 Å². The molecule has 194 valence electrons.